The second-order valence-corrected chi connectivity index (χ2v) is 9.89. The van der Waals surface area contributed by atoms with Crippen LogP contribution < -0.4 is 4.90 Å². The Labute approximate surface area is 185 Å². The molecule has 8 heteroatoms. The molecular weight excluding hydrogens is 415 g/mol. The van der Waals surface area contributed by atoms with Gasteiger partial charge in [-0.15, -0.1) is 10.2 Å². The lowest BCUT2D eigenvalue weighted by Gasteiger charge is -2.59. The van der Waals surface area contributed by atoms with Gasteiger partial charge >= 0.3 is 0 Å². The maximum absolute atomic E-state index is 13.5. The van der Waals surface area contributed by atoms with Crippen molar-refractivity contribution in [3.05, 3.63) is 64.1 Å². The molecule has 160 valence electrons. The molecule has 1 spiro atoms. The molecule has 3 aromatic rings. The van der Waals surface area contributed by atoms with Gasteiger partial charge in [0.2, 0.25) is 0 Å². The molecule has 1 aliphatic carbocycles. The van der Waals surface area contributed by atoms with Crippen LogP contribution in [0.15, 0.2) is 30.3 Å². The van der Waals surface area contributed by atoms with Gasteiger partial charge in [0.25, 0.3) is 0 Å². The van der Waals surface area contributed by atoms with Gasteiger partial charge in [0, 0.05) is 36.0 Å². The first-order valence-corrected chi connectivity index (χ1v) is 11.1. The number of hydrogen-bond acceptors (Lipinski definition) is 5. The number of benzene rings is 1. The fourth-order valence-electron chi connectivity index (χ4n) is 5.51. The topological polar surface area (TPSA) is 50.1 Å². The summed E-state index contributed by atoms with van der Waals surface area (Å²) in [7, 11) is 2.10. The molecule has 6 rings (SSSR count). The zero-order valence-electron chi connectivity index (χ0n) is 17.6. The second kappa shape index (κ2) is 6.74. The van der Waals surface area contributed by atoms with Crippen molar-refractivity contribution in [1.29, 1.82) is 0 Å². The number of anilines is 1. The molecule has 1 saturated carbocycles. The predicted octanol–water partition coefficient (Wildman–Crippen LogP) is 4.09. The van der Waals surface area contributed by atoms with E-state index in [1.54, 1.807) is 13.0 Å². The van der Waals surface area contributed by atoms with E-state index in [2.05, 4.69) is 48.7 Å². The molecule has 4 heterocycles. The SMILES string of the molecule is Cc1nc(N2CC3(CC(c4nnc5n4-c4ccc(Cl)cc4CN(C)C5)C3)C2)ccc1F. The molecule has 2 aromatic heterocycles. The molecule has 0 bridgehead atoms. The van der Waals surface area contributed by atoms with E-state index in [9.17, 15) is 4.39 Å². The monoisotopic (exact) mass is 438 g/mol. The third kappa shape index (κ3) is 3.05. The first-order chi connectivity index (χ1) is 14.9. The largest absolute Gasteiger partial charge is 0.355 e. The number of nitrogens with zero attached hydrogens (tertiary/aromatic N) is 6. The highest BCUT2D eigenvalue weighted by molar-refractivity contribution is 6.30. The normalized spacial score (nSPS) is 20.1. The average Bonchev–Trinajstić information content (AvgIpc) is 2.99. The van der Waals surface area contributed by atoms with Crippen LogP contribution in [0.4, 0.5) is 10.2 Å². The molecular formula is C23H24ClFN6. The van der Waals surface area contributed by atoms with Crippen molar-refractivity contribution in [2.75, 3.05) is 25.0 Å². The second-order valence-electron chi connectivity index (χ2n) is 9.45. The molecule has 0 unspecified atom stereocenters. The summed E-state index contributed by atoms with van der Waals surface area (Å²) in [5.74, 6) is 3.08. The first-order valence-electron chi connectivity index (χ1n) is 10.7. The summed E-state index contributed by atoms with van der Waals surface area (Å²) in [5.41, 5.74) is 3.12. The Morgan fingerprint density at radius 1 is 1.10 bits per heavy atom. The molecule has 0 radical (unpaired) electrons. The molecule has 1 aromatic carbocycles. The summed E-state index contributed by atoms with van der Waals surface area (Å²) in [6, 6.07) is 9.38. The van der Waals surface area contributed by atoms with E-state index < -0.39 is 0 Å². The summed E-state index contributed by atoms with van der Waals surface area (Å²) in [6.07, 6.45) is 2.20. The summed E-state index contributed by atoms with van der Waals surface area (Å²) in [4.78, 5) is 8.90. The van der Waals surface area contributed by atoms with Crippen LogP contribution >= 0.6 is 11.6 Å². The Kier molecular flexibility index (Phi) is 4.17. The summed E-state index contributed by atoms with van der Waals surface area (Å²) in [5, 5.41) is 9.93. The van der Waals surface area contributed by atoms with Crippen LogP contribution in [0.25, 0.3) is 5.69 Å². The van der Waals surface area contributed by atoms with Crippen LogP contribution in [0.5, 0.6) is 0 Å². The van der Waals surface area contributed by atoms with Gasteiger partial charge in [0.15, 0.2) is 5.82 Å². The number of rotatable bonds is 2. The Morgan fingerprint density at radius 3 is 2.68 bits per heavy atom. The molecule has 3 aliphatic rings. The molecule has 2 aliphatic heterocycles. The standard InChI is InChI=1S/C23H24ClFN6/c1-14-18(25)4-6-20(26-14)30-12-23(13-30)8-16(9-23)22-28-27-21-11-29(2)10-15-7-17(24)3-5-19(15)31(21)22/h3-7,16H,8-13H2,1-2H3. The van der Waals surface area contributed by atoms with E-state index in [-0.39, 0.29) is 5.82 Å². The van der Waals surface area contributed by atoms with Crippen LogP contribution in [-0.4, -0.2) is 44.8 Å². The lowest BCUT2D eigenvalue weighted by molar-refractivity contribution is 0.0581. The minimum atomic E-state index is -0.248. The highest BCUT2D eigenvalue weighted by atomic mass is 35.5. The highest BCUT2D eigenvalue weighted by Crippen LogP contribution is 2.56. The van der Waals surface area contributed by atoms with Gasteiger partial charge < -0.3 is 4.90 Å². The van der Waals surface area contributed by atoms with E-state index in [0.717, 1.165) is 67.2 Å². The fourth-order valence-corrected chi connectivity index (χ4v) is 5.70. The van der Waals surface area contributed by atoms with Crippen molar-refractivity contribution >= 4 is 17.4 Å². The summed E-state index contributed by atoms with van der Waals surface area (Å²) >= 11 is 6.28. The predicted molar refractivity (Wildman–Crippen MR) is 117 cm³/mol. The van der Waals surface area contributed by atoms with E-state index in [4.69, 9.17) is 11.6 Å². The van der Waals surface area contributed by atoms with Crippen molar-refractivity contribution in [2.45, 2.75) is 38.8 Å². The first kappa shape index (κ1) is 19.2. The van der Waals surface area contributed by atoms with Gasteiger partial charge in [-0.05, 0) is 62.7 Å². The maximum Gasteiger partial charge on any atom is 0.151 e. The van der Waals surface area contributed by atoms with E-state index in [0.29, 0.717) is 17.0 Å². The van der Waals surface area contributed by atoms with Gasteiger partial charge in [-0.1, -0.05) is 11.6 Å². The number of pyridine rings is 1. The van der Waals surface area contributed by atoms with Crippen molar-refractivity contribution in [3.63, 3.8) is 0 Å². The van der Waals surface area contributed by atoms with E-state index in [1.807, 2.05) is 6.07 Å². The van der Waals surface area contributed by atoms with Crippen LogP contribution in [-0.2, 0) is 13.1 Å². The summed E-state index contributed by atoms with van der Waals surface area (Å²) in [6.45, 7) is 5.26. The van der Waals surface area contributed by atoms with E-state index >= 15 is 0 Å². The third-order valence-corrected chi connectivity index (χ3v) is 7.23. The molecule has 0 N–H and O–H groups in total. The van der Waals surface area contributed by atoms with Gasteiger partial charge in [-0.25, -0.2) is 9.37 Å². The zero-order chi connectivity index (χ0) is 21.3. The zero-order valence-corrected chi connectivity index (χ0v) is 18.4. The smallest absolute Gasteiger partial charge is 0.151 e. The summed E-state index contributed by atoms with van der Waals surface area (Å²) < 4.78 is 15.8. The number of aromatic nitrogens is 4. The van der Waals surface area contributed by atoms with Crippen molar-refractivity contribution in [3.8, 4) is 5.69 Å². The van der Waals surface area contributed by atoms with Crippen molar-refractivity contribution < 1.29 is 4.39 Å². The molecule has 31 heavy (non-hydrogen) atoms. The minimum absolute atomic E-state index is 0.248. The average molecular weight is 439 g/mol. The molecule has 1 saturated heterocycles. The van der Waals surface area contributed by atoms with Gasteiger partial charge in [-0.3, -0.25) is 9.47 Å². The fraction of sp³-hybridized carbons (Fsp3) is 0.435. The van der Waals surface area contributed by atoms with Crippen molar-refractivity contribution in [2.24, 2.45) is 5.41 Å². The quantitative estimate of drug-likeness (QED) is 0.603. The third-order valence-electron chi connectivity index (χ3n) is 7.00. The molecule has 2 fully saturated rings. The molecule has 6 nitrogen and oxygen atoms in total. The van der Waals surface area contributed by atoms with Crippen molar-refractivity contribution in [1.82, 2.24) is 24.6 Å². The van der Waals surface area contributed by atoms with Gasteiger partial charge in [0.1, 0.15) is 17.5 Å². The van der Waals surface area contributed by atoms with E-state index in [1.165, 1.54) is 11.6 Å². The lowest BCUT2D eigenvalue weighted by atomic mass is 9.57. The van der Waals surface area contributed by atoms with Crippen LogP contribution in [0.1, 0.15) is 41.7 Å². The number of aryl methyl sites for hydroxylation is 1. The Morgan fingerprint density at radius 2 is 1.90 bits per heavy atom. The minimum Gasteiger partial charge on any atom is -0.355 e. The van der Waals surface area contributed by atoms with Crippen LogP contribution in [0, 0.1) is 18.2 Å². The van der Waals surface area contributed by atoms with Crippen LogP contribution in [0.2, 0.25) is 5.02 Å². The van der Waals surface area contributed by atoms with Gasteiger partial charge in [-0.2, -0.15) is 0 Å². The number of hydrogen-bond donors (Lipinski definition) is 0. The number of fused-ring (bicyclic) bond motifs is 3. The van der Waals surface area contributed by atoms with Gasteiger partial charge in [0.05, 0.1) is 17.9 Å². The Bertz CT molecular complexity index is 1180. The Hall–Kier alpha value is -2.51. The maximum atomic E-state index is 13.5. The highest BCUT2D eigenvalue weighted by Gasteiger charge is 2.54. The number of halogens is 2. The molecule has 0 amide bonds. The Balaban J connectivity index is 1.23. The molecule has 0 atom stereocenters. The van der Waals surface area contributed by atoms with Crippen LogP contribution in [0.3, 0.4) is 0 Å². The lowest BCUT2D eigenvalue weighted by Crippen LogP contribution is -2.62.